The summed E-state index contributed by atoms with van der Waals surface area (Å²) in [6.45, 7) is 5.52. The second-order valence-corrected chi connectivity index (χ2v) is 7.81. The zero-order valence-electron chi connectivity index (χ0n) is 17.1. The fourth-order valence-corrected chi connectivity index (χ4v) is 3.48. The van der Waals surface area contributed by atoms with Crippen LogP contribution in [0.25, 0.3) is 0 Å². The van der Waals surface area contributed by atoms with Crippen LogP contribution < -0.4 is 21.3 Å². The molecule has 0 atom stereocenters. The highest BCUT2D eigenvalue weighted by Gasteiger charge is 2.22. The van der Waals surface area contributed by atoms with Crippen LogP contribution in [0.5, 0.6) is 0 Å². The standard InChI is InChI=1S/C21H27N7O2/c1-14(29)27-8-10-28(11-9-27)17-6-4-16(5-7-17)25-21-24-13-18(19(22)30)20(26-21)23-12-15-2-3-15/h4-7,13,15H,2-3,8-12H2,1H3,(H2,22,30)(H2,23,24,25,26). The maximum absolute atomic E-state index is 11.7. The fourth-order valence-electron chi connectivity index (χ4n) is 3.48. The molecule has 1 saturated carbocycles. The highest BCUT2D eigenvalue weighted by Crippen LogP contribution is 2.29. The molecule has 2 aliphatic rings. The molecular formula is C21H27N7O2. The molecule has 0 radical (unpaired) electrons. The Kier molecular flexibility index (Phi) is 5.69. The van der Waals surface area contributed by atoms with E-state index in [0.717, 1.165) is 44.1 Å². The highest BCUT2D eigenvalue weighted by molar-refractivity contribution is 5.97. The van der Waals surface area contributed by atoms with Crippen LogP contribution in [-0.4, -0.2) is 59.4 Å². The normalized spacial score (nSPS) is 16.3. The van der Waals surface area contributed by atoms with Crippen LogP contribution in [0.2, 0.25) is 0 Å². The second-order valence-electron chi connectivity index (χ2n) is 7.81. The van der Waals surface area contributed by atoms with Crippen LogP contribution >= 0.6 is 0 Å². The van der Waals surface area contributed by atoms with Crippen LogP contribution in [0.4, 0.5) is 23.1 Å². The van der Waals surface area contributed by atoms with Gasteiger partial charge in [-0.25, -0.2) is 4.98 Å². The Morgan fingerprint density at radius 2 is 1.83 bits per heavy atom. The van der Waals surface area contributed by atoms with Gasteiger partial charge in [-0.3, -0.25) is 9.59 Å². The van der Waals surface area contributed by atoms with Crippen LogP contribution in [0.15, 0.2) is 30.5 Å². The van der Waals surface area contributed by atoms with Crippen molar-refractivity contribution in [2.24, 2.45) is 11.7 Å². The van der Waals surface area contributed by atoms with Gasteiger partial charge in [0, 0.05) is 57.2 Å². The van der Waals surface area contributed by atoms with Crippen molar-refractivity contribution in [1.29, 1.82) is 0 Å². The first kappa shape index (κ1) is 19.9. The summed E-state index contributed by atoms with van der Waals surface area (Å²) in [7, 11) is 0. The van der Waals surface area contributed by atoms with Gasteiger partial charge in [-0.05, 0) is 43.0 Å². The van der Waals surface area contributed by atoms with E-state index in [2.05, 4.69) is 25.5 Å². The molecular weight excluding hydrogens is 382 g/mol. The molecule has 1 aromatic heterocycles. The smallest absolute Gasteiger partial charge is 0.254 e. The summed E-state index contributed by atoms with van der Waals surface area (Å²) in [5, 5.41) is 6.40. The highest BCUT2D eigenvalue weighted by atomic mass is 16.2. The summed E-state index contributed by atoms with van der Waals surface area (Å²) in [5.74, 6) is 1.09. The molecule has 0 bridgehead atoms. The molecule has 158 valence electrons. The lowest BCUT2D eigenvalue weighted by Gasteiger charge is -2.35. The second kappa shape index (κ2) is 8.56. The van der Waals surface area contributed by atoms with Gasteiger partial charge in [-0.1, -0.05) is 0 Å². The average molecular weight is 409 g/mol. The van der Waals surface area contributed by atoms with Gasteiger partial charge in [0.15, 0.2) is 0 Å². The number of primary amides is 1. The van der Waals surface area contributed by atoms with Crippen molar-refractivity contribution in [3.8, 4) is 0 Å². The van der Waals surface area contributed by atoms with E-state index in [4.69, 9.17) is 5.73 Å². The molecule has 1 saturated heterocycles. The molecule has 0 spiro atoms. The Bertz CT molecular complexity index is 919. The van der Waals surface area contributed by atoms with E-state index in [-0.39, 0.29) is 5.91 Å². The van der Waals surface area contributed by atoms with Crippen molar-refractivity contribution in [3.63, 3.8) is 0 Å². The third kappa shape index (κ3) is 4.79. The number of nitrogens with one attached hydrogen (secondary N) is 2. The van der Waals surface area contributed by atoms with Crippen molar-refractivity contribution in [2.75, 3.05) is 48.3 Å². The molecule has 2 heterocycles. The summed E-state index contributed by atoms with van der Waals surface area (Å²) in [4.78, 5) is 35.9. The summed E-state index contributed by atoms with van der Waals surface area (Å²) in [6, 6.07) is 8.01. The minimum absolute atomic E-state index is 0.127. The first-order chi connectivity index (χ1) is 14.5. The number of nitrogens with zero attached hydrogens (tertiary/aromatic N) is 4. The number of hydrogen-bond donors (Lipinski definition) is 3. The first-order valence-corrected chi connectivity index (χ1v) is 10.3. The molecule has 4 rings (SSSR count). The fraction of sp³-hybridized carbons (Fsp3) is 0.429. The third-order valence-corrected chi connectivity index (χ3v) is 5.52. The number of aromatic nitrogens is 2. The van der Waals surface area contributed by atoms with Crippen LogP contribution in [0, 0.1) is 5.92 Å². The Balaban J connectivity index is 1.41. The molecule has 0 unspecified atom stereocenters. The molecule has 4 N–H and O–H groups in total. The SMILES string of the molecule is CC(=O)N1CCN(c2ccc(Nc3ncc(C(N)=O)c(NCC4CC4)n3)cc2)CC1. The molecule has 2 fully saturated rings. The monoisotopic (exact) mass is 409 g/mol. The van der Waals surface area contributed by atoms with E-state index in [1.165, 1.54) is 19.0 Å². The molecule has 2 aromatic rings. The van der Waals surface area contributed by atoms with Crippen molar-refractivity contribution in [3.05, 3.63) is 36.0 Å². The number of amides is 2. The van der Waals surface area contributed by atoms with Gasteiger partial charge in [0.1, 0.15) is 5.82 Å². The Labute approximate surface area is 175 Å². The van der Waals surface area contributed by atoms with Gasteiger partial charge in [0.25, 0.3) is 5.91 Å². The lowest BCUT2D eigenvalue weighted by Crippen LogP contribution is -2.48. The molecule has 1 aromatic carbocycles. The average Bonchev–Trinajstić information content (AvgIpc) is 3.57. The van der Waals surface area contributed by atoms with Gasteiger partial charge in [-0.15, -0.1) is 0 Å². The first-order valence-electron chi connectivity index (χ1n) is 10.3. The van der Waals surface area contributed by atoms with Gasteiger partial charge >= 0.3 is 0 Å². The van der Waals surface area contributed by atoms with Crippen molar-refractivity contribution in [1.82, 2.24) is 14.9 Å². The number of nitrogens with two attached hydrogens (primary N) is 1. The summed E-state index contributed by atoms with van der Waals surface area (Å²) in [6.07, 6.45) is 3.85. The van der Waals surface area contributed by atoms with E-state index in [0.29, 0.717) is 23.2 Å². The number of carbonyl (C=O) groups excluding carboxylic acids is 2. The summed E-state index contributed by atoms with van der Waals surface area (Å²) >= 11 is 0. The number of anilines is 4. The zero-order valence-corrected chi connectivity index (χ0v) is 17.1. The van der Waals surface area contributed by atoms with Gasteiger partial charge < -0.3 is 26.2 Å². The Morgan fingerprint density at radius 1 is 1.13 bits per heavy atom. The molecule has 9 nitrogen and oxygen atoms in total. The lowest BCUT2D eigenvalue weighted by molar-refractivity contribution is -0.129. The van der Waals surface area contributed by atoms with Gasteiger partial charge in [0.2, 0.25) is 11.9 Å². The number of rotatable bonds is 7. The van der Waals surface area contributed by atoms with Crippen LogP contribution in [-0.2, 0) is 4.79 Å². The maximum Gasteiger partial charge on any atom is 0.254 e. The minimum atomic E-state index is -0.547. The van der Waals surface area contributed by atoms with Gasteiger partial charge in [-0.2, -0.15) is 4.98 Å². The number of carbonyl (C=O) groups is 2. The van der Waals surface area contributed by atoms with E-state index < -0.39 is 5.91 Å². The maximum atomic E-state index is 11.7. The van der Waals surface area contributed by atoms with Crippen LogP contribution in [0.3, 0.4) is 0 Å². The predicted molar refractivity (Wildman–Crippen MR) is 116 cm³/mol. The lowest BCUT2D eigenvalue weighted by atomic mass is 10.2. The Morgan fingerprint density at radius 3 is 2.43 bits per heavy atom. The summed E-state index contributed by atoms with van der Waals surface area (Å²) < 4.78 is 0. The van der Waals surface area contributed by atoms with E-state index >= 15 is 0 Å². The van der Waals surface area contributed by atoms with E-state index in [1.54, 1.807) is 6.92 Å². The Hall–Kier alpha value is -3.36. The summed E-state index contributed by atoms with van der Waals surface area (Å²) in [5.41, 5.74) is 7.70. The topological polar surface area (TPSA) is 116 Å². The number of hydrogen-bond acceptors (Lipinski definition) is 7. The van der Waals surface area contributed by atoms with Crippen molar-refractivity contribution in [2.45, 2.75) is 19.8 Å². The van der Waals surface area contributed by atoms with Crippen LogP contribution in [0.1, 0.15) is 30.1 Å². The molecule has 1 aliphatic carbocycles. The van der Waals surface area contributed by atoms with Crippen molar-refractivity contribution >= 4 is 35.0 Å². The predicted octanol–water partition coefficient (Wildman–Crippen LogP) is 1.81. The molecule has 1 aliphatic heterocycles. The zero-order chi connectivity index (χ0) is 21.1. The molecule has 2 amide bonds. The van der Waals surface area contributed by atoms with E-state index in [9.17, 15) is 9.59 Å². The molecule has 9 heteroatoms. The third-order valence-electron chi connectivity index (χ3n) is 5.52. The largest absolute Gasteiger partial charge is 0.369 e. The minimum Gasteiger partial charge on any atom is -0.369 e. The van der Waals surface area contributed by atoms with Crippen molar-refractivity contribution < 1.29 is 9.59 Å². The quantitative estimate of drug-likeness (QED) is 0.638. The van der Waals surface area contributed by atoms with Gasteiger partial charge in [0.05, 0.1) is 5.56 Å². The molecule has 30 heavy (non-hydrogen) atoms. The number of piperazine rings is 1. The van der Waals surface area contributed by atoms with E-state index in [1.807, 2.05) is 29.2 Å². The number of benzene rings is 1.